The lowest BCUT2D eigenvalue weighted by atomic mass is 9.84. The van der Waals surface area contributed by atoms with Gasteiger partial charge in [0.05, 0.1) is 5.92 Å². The molecule has 3 nitrogen and oxygen atoms in total. The Hall–Kier alpha value is -1.94. The summed E-state index contributed by atoms with van der Waals surface area (Å²) in [7, 11) is 0. The van der Waals surface area contributed by atoms with Crippen LogP contribution in [0.5, 0.6) is 0 Å². The quantitative estimate of drug-likeness (QED) is 0.681. The molecule has 1 unspecified atom stereocenters. The maximum absolute atomic E-state index is 11.9. The average molecular weight is 242 g/mol. The lowest BCUT2D eigenvalue weighted by Crippen LogP contribution is -2.35. The zero-order chi connectivity index (χ0) is 12.0. The van der Waals surface area contributed by atoms with Crippen molar-refractivity contribution >= 4 is 28.6 Å². The molecule has 3 N–H and O–H groups in total. The van der Waals surface area contributed by atoms with Gasteiger partial charge in [-0.05, 0) is 12.1 Å². The van der Waals surface area contributed by atoms with Crippen molar-refractivity contribution in [2.45, 2.75) is 0 Å². The molecule has 1 aliphatic carbocycles. The maximum Gasteiger partial charge on any atom is 0.171 e. The van der Waals surface area contributed by atoms with E-state index in [1.807, 2.05) is 24.3 Å². The van der Waals surface area contributed by atoms with E-state index >= 15 is 0 Å². The number of hydrogen-bond acceptors (Lipinski definition) is 4. The van der Waals surface area contributed by atoms with Crippen LogP contribution in [0.15, 0.2) is 47.8 Å². The standard InChI is InChI=1S/C13H10N2OS/c14-7-5-10-12(11(16)6-7)13(17)8-3-1-2-4-9(8)15-10/h1-6,12,15H,14H2. The lowest BCUT2D eigenvalue weighted by Gasteiger charge is -2.30. The number of thiocarbonyl (C=S) groups is 1. The normalized spacial score (nSPS) is 22.0. The Bertz CT molecular complexity index is 601. The van der Waals surface area contributed by atoms with E-state index in [1.165, 1.54) is 6.08 Å². The minimum absolute atomic E-state index is 0.0491. The van der Waals surface area contributed by atoms with Gasteiger partial charge in [-0.1, -0.05) is 30.4 Å². The third-order valence-corrected chi connectivity index (χ3v) is 3.42. The topological polar surface area (TPSA) is 55.1 Å². The van der Waals surface area contributed by atoms with E-state index in [-0.39, 0.29) is 11.7 Å². The molecule has 84 valence electrons. The number of fused-ring (bicyclic) bond motifs is 2. The van der Waals surface area contributed by atoms with Crippen molar-refractivity contribution in [3.05, 3.63) is 53.4 Å². The highest BCUT2D eigenvalue weighted by molar-refractivity contribution is 7.81. The molecule has 17 heavy (non-hydrogen) atoms. The molecular formula is C13H10N2OS. The van der Waals surface area contributed by atoms with E-state index in [4.69, 9.17) is 18.0 Å². The number of benzene rings is 1. The number of rotatable bonds is 0. The van der Waals surface area contributed by atoms with Gasteiger partial charge in [-0.15, -0.1) is 0 Å². The highest BCUT2D eigenvalue weighted by atomic mass is 32.1. The minimum atomic E-state index is -0.382. The molecule has 1 aromatic rings. The summed E-state index contributed by atoms with van der Waals surface area (Å²) in [4.78, 5) is 12.6. The van der Waals surface area contributed by atoms with Gasteiger partial charge in [0.15, 0.2) is 5.78 Å². The Morgan fingerprint density at radius 1 is 1.24 bits per heavy atom. The van der Waals surface area contributed by atoms with Crippen molar-refractivity contribution in [2.75, 3.05) is 5.32 Å². The van der Waals surface area contributed by atoms with E-state index in [2.05, 4.69) is 5.32 Å². The van der Waals surface area contributed by atoms with Gasteiger partial charge in [-0.25, -0.2) is 0 Å². The first kappa shape index (κ1) is 10.2. The van der Waals surface area contributed by atoms with E-state index in [0.29, 0.717) is 10.6 Å². The van der Waals surface area contributed by atoms with Crippen LogP contribution >= 0.6 is 12.2 Å². The number of anilines is 1. The molecular weight excluding hydrogens is 232 g/mol. The Morgan fingerprint density at radius 2 is 2.00 bits per heavy atom. The fourth-order valence-electron chi connectivity index (χ4n) is 2.20. The molecule has 0 amide bonds. The van der Waals surface area contributed by atoms with Crippen molar-refractivity contribution in [1.29, 1.82) is 0 Å². The van der Waals surface area contributed by atoms with E-state index in [1.54, 1.807) is 6.08 Å². The summed E-state index contributed by atoms with van der Waals surface area (Å²) >= 11 is 5.40. The molecule has 0 fully saturated rings. The van der Waals surface area contributed by atoms with Gasteiger partial charge in [-0.2, -0.15) is 0 Å². The SMILES string of the molecule is NC1=CC(=O)C2C(=S)c3ccccc3NC2=C1. The van der Waals surface area contributed by atoms with Crippen molar-refractivity contribution in [1.82, 2.24) is 0 Å². The first-order valence-electron chi connectivity index (χ1n) is 5.29. The Balaban J connectivity index is 2.17. The van der Waals surface area contributed by atoms with Crippen molar-refractivity contribution in [3.8, 4) is 0 Å². The van der Waals surface area contributed by atoms with Crippen molar-refractivity contribution in [3.63, 3.8) is 0 Å². The predicted octanol–water partition coefficient (Wildman–Crippen LogP) is 1.76. The number of carbonyl (C=O) groups is 1. The van der Waals surface area contributed by atoms with E-state index in [9.17, 15) is 4.79 Å². The highest BCUT2D eigenvalue weighted by Crippen LogP contribution is 2.34. The van der Waals surface area contributed by atoms with Crippen LogP contribution in [0.2, 0.25) is 0 Å². The molecule has 0 saturated carbocycles. The van der Waals surface area contributed by atoms with Gasteiger partial charge >= 0.3 is 0 Å². The third kappa shape index (κ3) is 1.49. The summed E-state index contributed by atoms with van der Waals surface area (Å²) < 4.78 is 0. The summed E-state index contributed by atoms with van der Waals surface area (Å²) in [5.74, 6) is -0.431. The smallest absolute Gasteiger partial charge is 0.171 e. The highest BCUT2D eigenvalue weighted by Gasteiger charge is 2.34. The largest absolute Gasteiger partial charge is 0.399 e. The summed E-state index contributed by atoms with van der Waals surface area (Å²) in [5, 5.41) is 3.22. The molecule has 0 aromatic heterocycles. The molecule has 2 aliphatic rings. The van der Waals surface area contributed by atoms with Crippen LogP contribution in [0.4, 0.5) is 5.69 Å². The first-order valence-corrected chi connectivity index (χ1v) is 5.70. The van der Waals surface area contributed by atoms with Crippen LogP contribution < -0.4 is 11.1 Å². The van der Waals surface area contributed by atoms with E-state index < -0.39 is 0 Å². The lowest BCUT2D eigenvalue weighted by molar-refractivity contribution is -0.115. The number of ketones is 1. The van der Waals surface area contributed by atoms with Crippen molar-refractivity contribution in [2.24, 2.45) is 11.7 Å². The molecule has 1 atom stereocenters. The van der Waals surface area contributed by atoms with Gasteiger partial charge in [0.1, 0.15) is 0 Å². The number of allylic oxidation sites excluding steroid dienone is 3. The monoisotopic (exact) mass is 242 g/mol. The summed E-state index contributed by atoms with van der Waals surface area (Å²) in [6.45, 7) is 0. The molecule has 1 aliphatic heterocycles. The van der Waals surface area contributed by atoms with Crippen LogP contribution in [0, 0.1) is 5.92 Å². The second-order valence-corrected chi connectivity index (χ2v) is 4.55. The van der Waals surface area contributed by atoms with Crippen LogP contribution in [-0.4, -0.2) is 10.6 Å². The zero-order valence-electron chi connectivity index (χ0n) is 8.94. The van der Waals surface area contributed by atoms with Crippen LogP contribution in [-0.2, 0) is 4.79 Å². The first-order chi connectivity index (χ1) is 8.16. The summed E-state index contributed by atoms with van der Waals surface area (Å²) in [6, 6.07) is 7.71. The molecule has 1 aromatic carbocycles. The summed E-state index contributed by atoms with van der Waals surface area (Å²) in [6.07, 6.45) is 3.21. The molecule has 3 rings (SSSR count). The van der Waals surface area contributed by atoms with Gasteiger partial charge < -0.3 is 11.1 Å². The molecule has 0 saturated heterocycles. The average Bonchev–Trinajstić information content (AvgIpc) is 2.28. The molecule has 0 spiro atoms. The Labute approximate surface area is 104 Å². The number of para-hydroxylation sites is 1. The fraction of sp³-hybridized carbons (Fsp3) is 0.0769. The second-order valence-electron chi connectivity index (χ2n) is 4.11. The predicted molar refractivity (Wildman–Crippen MR) is 70.6 cm³/mol. The fourth-order valence-corrected chi connectivity index (χ4v) is 2.62. The van der Waals surface area contributed by atoms with Gasteiger partial charge in [0.25, 0.3) is 0 Å². The number of hydrogen-bond donors (Lipinski definition) is 2. The third-order valence-electron chi connectivity index (χ3n) is 2.96. The Morgan fingerprint density at radius 3 is 2.82 bits per heavy atom. The van der Waals surface area contributed by atoms with E-state index in [0.717, 1.165) is 16.9 Å². The number of nitrogens with one attached hydrogen (secondary N) is 1. The van der Waals surface area contributed by atoms with Crippen LogP contribution in [0.25, 0.3) is 0 Å². The number of nitrogens with two attached hydrogens (primary N) is 1. The minimum Gasteiger partial charge on any atom is -0.399 e. The molecule has 0 radical (unpaired) electrons. The van der Waals surface area contributed by atoms with Gasteiger partial charge in [0, 0.05) is 33.6 Å². The number of carbonyl (C=O) groups excluding carboxylic acids is 1. The zero-order valence-corrected chi connectivity index (χ0v) is 9.75. The maximum atomic E-state index is 11.9. The Kier molecular flexibility index (Phi) is 2.12. The van der Waals surface area contributed by atoms with Gasteiger partial charge in [-0.3, -0.25) is 4.79 Å². The molecule has 1 heterocycles. The van der Waals surface area contributed by atoms with Crippen LogP contribution in [0.1, 0.15) is 5.56 Å². The molecule has 4 heteroatoms. The van der Waals surface area contributed by atoms with Crippen LogP contribution in [0.3, 0.4) is 0 Å². The molecule has 0 bridgehead atoms. The van der Waals surface area contributed by atoms with Crippen molar-refractivity contribution < 1.29 is 4.79 Å². The van der Waals surface area contributed by atoms with Gasteiger partial charge in [0.2, 0.25) is 0 Å². The second kappa shape index (κ2) is 3.53. The summed E-state index contributed by atoms with van der Waals surface area (Å²) in [5.41, 5.74) is 8.78.